The summed E-state index contributed by atoms with van der Waals surface area (Å²) in [6.07, 6.45) is 9.96. The Bertz CT molecular complexity index is 2760. The maximum atomic E-state index is 2.43. The first-order valence-corrected chi connectivity index (χ1v) is 17.5. The van der Waals surface area contributed by atoms with E-state index in [1.807, 2.05) is 0 Å². The Kier molecular flexibility index (Phi) is 6.67. The van der Waals surface area contributed by atoms with Crippen LogP contribution in [0, 0.1) is 0 Å². The molecule has 1 unspecified atom stereocenters. The van der Waals surface area contributed by atoms with Crippen LogP contribution in [0.25, 0.3) is 77.2 Å². The van der Waals surface area contributed by atoms with Crippen LogP contribution in [-0.4, -0.2) is 9.13 Å². The van der Waals surface area contributed by atoms with Crippen molar-refractivity contribution in [2.24, 2.45) is 0 Å². The van der Waals surface area contributed by atoms with Crippen LogP contribution in [0.4, 0.5) is 0 Å². The number of aromatic nitrogens is 2. The van der Waals surface area contributed by atoms with Gasteiger partial charge >= 0.3 is 0 Å². The minimum atomic E-state index is 0.396. The average Bonchev–Trinajstić information content (AvgIpc) is 3.70. The van der Waals surface area contributed by atoms with E-state index in [0.717, 1.165) is 6.42 Å². The van der Waals surface area contributed by atoms with Crippen molar-refractivity contribution in [2.75, 3.05) is 0 Å². The second-order valence-corrected chi connectivity index (χ2v) is 13.3. The highest BCUT2D eigenvalue weighted by molar-refractivity contribution is 6.13. The van der Waals surface area contributed by atoms with Crippen molar-refractivity contribution in [1.29, 1.82) is 0 Å². The van der Waals surface area contributed by atoms with E-state index in [1.165, 1.54) is 82.8 Å². The predicted octanol–water partition coefficient (Wildman–Crippen LogP) is 12.8. The minimum Gasteiger partial charge on any atom is -0.309 e. The lowest BCUT2D eigenvalue weighted by Gasteiger charge is -2.14. The summed E-state index contributed by atoms with van der Waals surface area (Å²) in [7, 11) is 0. The van der Waals surface area contributed by atoms with Gasteiger partial charge in [-0.1, -0.05) is 115 Å². The molecular weight excluding hydrogens is 605 g/mol. The maximum absolute atomic E-state index is 2.43. The number of benzene rings is 7. The Hall–Kier alpha value is -6.38. The van der Waals surface area contributed by atoms with Crippen molar-refractivity contribution in [3.05, 3.63) is 194 Å². The van der Waals surface area contributed by atoms with Crippen molar-refractivity contribution < 1.29 is 0 Å². The third kappa shape index (κ3) is 4.64. The zero-order valence-corrected chi connectivity index (χ0v) is 27.6. The Labute approximate surface area is 291 Å². The smallest absolute Gasteiger partial charge is 0.0541 e. The molecule has 1 aliphatic rings. The van der Waals surface area contributed by atoms with E-state index in [-0.39, 0.29) is 0 Å². The molecular formula is C48H34N2. The molecule has 50 heavy (non-hydrogen) atoms. The standard InChI is InChI=1S/C48H34N2/c1-5-13-33(14-6-1)35-21-25-45-41(29-35)43-31-37(23-27-47(43)49(45)39-17-9-3-10-18-39)38-24-28-48-44(32-38)42-30-36(34-15-7-2-8-16-34)22-26-46(42)50(48)40-19-11-4-12-20-40/h1-15,17-32,34H,16H2. The number of hydrogen-bond donors (Lipinski definition) is 0. The van der Waals surface area contributed by atoms with Crippen LogP contribution in [0.5, 0.6) is 0 Å². The molecule has 1 aliphatic carbocycles. The maximum Gasteiger partial charge on any atom is 0.0541 e. The molecule has 2 heteroatoms. The van der Waals surface area contributed by atoms with E-state index >= 15 is 0 Å². The molecule has 0 saturated carbocycles. The largest absolute Gasteiger partial charge is 0.309 e. The van der Waals surface area contributed by atoms with Crippen LogP contribution < -0.4 is 0 Å². The van der Waals surface area contributed by atoms with Gasteiger partial charge in [0.05, 0.1) is 22.1 Å². The van der Waals surface area contributed by atoms with Gasteiger partial charge in [-0.2, -0.15) is 0 Å². The molecule has 10 rings (SSSR count). The highest BCUT2D eigenvalue weighted by Gasteiger charge is 2.18. The lowest BCUT2D eigenvalue weighted by Crippen LogP contribution is -1.97. The van der Waals surface area contributed by atoms with Crippen LogP contribution in [0.3, 0.4) is 0 Å². The SMILES string of the molecule is C1=CCC(c2ccc3c(c2)c2cc(-c4ccc5c(c4)c4cc(-c6ccccc6)ccc4n5-c4ccccc4)ccc2n3-c2ccccc2)C=C1. The summed E-state index contributed by atoms with van der Waals surface area (Å²) in [6, 6.07) is 60.1. The number of allylic oxidation sites excluding steroid dienone is 4. The fourth-order valence-electron chi connectivity index (χ4n) is 8.00. The Morgan fingerprint density at radius 3 is 1.30 bits per heavy atom. The summed E-state index contributed by atoms with van der Waals surface area (Å²) < 4.78 is 4.81. The summed E-state index contributed by atoms with van der Waals surface area (Å²) in [5.41, 5.74) is 13.5. The van der Waals surface area contributed by atoms with E-state index in [9.17, 15) is 0 Å². The van der Waals surface area contributed by atoms with Crippen molar-refractivity contribution in [1.82, 2.24) is 9.13 Å². The fraction of sp³-hybridized carbons (Fsp3) is 0.0417. The first-order chi connectivity index (χ1) is 24.8. The third-order valence-corrected chi connectivity index (χ3v) is 10.4. The van der Waals surface area contributed by atoms with Gasteiger partial charge < -0.3 is 9.13 Å². The first-order valence-electron chi connectivity index (χ1n) is 17.5. The fourth-order valence-corrected chi connectivity index (χ4v) is 8.00. The van der Waals surface area contributed by atoms with Gasteiger partial charge in [0.25, 0.3) is 0 Å². The van der Waals surface area contributed by atoms with E-state index in [1.54, 1.807) is 0 Å². The van der Waals surface area contributed by atoms with E-state index < -0.39 is 0 Å². The van der Waals surface area contributed by atoms with Gasteiger partial charge in [-0.15, -0.1) is 0 Å². The third-order valence-electron chi connectivity index (χ3n) is 10.4. The number of fused-ring (bicyclic) bond motifs is 6. The highest BCUT2D eigenvalue weighted by atomic mass is 15.0. The van der Waals surface area contributed by atoms with E-state index in [4.69, 9.17) is 0 Å². The molecule has 2 aromatic heterocycles. The Morgan fingerprint density at radius 1 is 0.380 bits per heavy atom. The first kappa shape index (κ1) is 28.6. The zero-order valence-electron chi connectivity index (χ0n) is 27.6. The van der Waals surface area contributed by atoms with Crippen LogP contribution >= 0.6 is 0 Å². The average molecular weight is 639 g/mol. The molecule has 0 aliphatic heterocycles. The quantitative estimate of drug-likeness (QED) is 0.178. The molecule has 2 nitrogen and oxygen atoms in total. The van der Waals surface area contributed by atoms with Crippen molar-refractivity contribution in [3.63, 3.8) is 0 Å². The van der Waals surface area contributed by atoms with Crippen LogP contribution in [-0.2, 0) is 0 Å². The number of para-hydroxylation sites is 2. The molecule has 1 atom stereocenters. The monoisotopic (exact) mass is 638 g/mol. The molecule has 7 aromatic carbocycles. The van der Waals surface area contributed by atoms with Gasteiger partial charge in [-0.05, 0) is 107 Å². The second kappa shape index (κ2) is 11.6. The van der Waals surface area contributed by atoms with Gasteiger partial charge in [0.15, 0.2) is 0 Å². The van der Waals surface area contributed by atoms with E-state index in [0.29, 0.717) is 5.92 Å². The molecule has 0 fully saturated rings. The van der Waals surface area contributed by atoms with Gasteiger partial charge in [0.2, 0.25) is 0 Å². The van der Waals surface area contributed by atoms with Crippen molar-refractivity contribution >= 4 is 43.6 Å². The summed E-state index contributed by atoms with van der Waals surface area (Å²) in [5, 5.41) is 5.08. The summed E-state index contributed by atoms with van der Waals surface area (Å²) >= 11 is 0. The Balaban J connectivity index is 1.19. The van der Waals surface area contributed by atoms with Crippen LogP contribution in [0.15, 0.2) is 188 Å². The number of hydrogen-bond acceptors (Lipinski definition) is 0. The lowest BCUT2D eigenvalue weighted by atomic mass is 9.91. The Morgan fingerprint density at radius 2 is 0.820 bits per heavy atom. The van der Waals surface area contributed by atoms with Crippen molar-refractivity contribution in [3.8, 4) is 33.6 Å². The number of rotatable bonds is 5. The summed E-state index contributed by atoms with van der Waals surface area (Å²) in [6.45, 7) is 0. The molecule has 9 aromatic rings. The molecule has 2 heterocycles. The minimum absolute atomic E-state index is 0.396. The van der Waals surface area contributed by atoms with E-state index in [2.05, 4.69) is 197 Å². The normalized spacial score (nSPS) is 14.4. The van der Waals surface area contributed by atoms with Crippen LogP contribution in [0.1, 0.15) is 17.9 Å². The van der Waals surface area contributed by atoms with Crippen molar-refractivity contribution in [2.45, 2.75) is 12.3 Å². The highest BCUT2D eigenvalue weighted by Crippen LogP contribution is 2.40. The topological polar surface area (TPSA) is 9.86 Å². The second-order valence-electron chi connectivity index (χ2n) is 13.3. The van der Waals surface area contributed by atoms with Crippen LogP contribution in [0.2, 0.25) is 0 Å². The van der Waals surface area contributed by atoms with Gasteiger partial charge in [-0.25, -0.2) is 0 Å². The molecule has 0 amide bonds. The molecule has 0 saturated heterocycles. The van der Waals surface area contributed by atoms with Gasteiger partial charge in [-0.3, -0.25) is 0 Å². The molecule has 0 N–H and O–H groups in total. The lowest BCUT2D eigenvalue weighted by molar-refractivity contribution is 0.855. The molecule has 0 spiro atoms. The molecule has 236 valence electrons. The number of nitrogens with zero attached hydrogens (tertiary/aromatic N) is 2. The predicted molar refractivity (Wildman–Crippen MR) is 212 cm³/mol. The van der Waals surface area contributed by atoms with Gasteiger partial charge in [0.1, 0.15) is 0 Å². The summed E-state index contributed by atoms with van der Waals surface area (Å²) in [4.78, 5) is 0. The molecule has 0 radical (unpaired) electrons. The summed E-state index contributed by atoms with van der Waals surface area (Å²) in [5.74, 6) is 0.396. The van der Waals surface area contributed by atoms with Gasteiger partial charge in [0, 0.05) is 38.8 Å². The zero-order chi connectivity index (χ0) is 33.0. The molecule has 0 bridgehead atoms.